The largest absolute Gasteiger partial charge is 0.305 e. The van der Waals surface area contributed by atoms with Gasteiger partial charge in [0.25, 0.3) is 0 Å². The maximum atomic E-state index is 5.87. The van der Waals surface area contributed by atoms with Crippen LogP contribution in [0.1, 0.15) is 18.1 Å². The fraction of sp³-hybridized carbons (Fsp3) is 0.500. The van der Waals surface area contributed by atoms with Crippen molar-refractivity contribution in [2.75, 3.05) is 11.8 Å². The second kappa shape index (κ2) is 5.74. The number of aryl methyl sites for hydroxylation is 1. The number of halogens is 2. The van der Waals surface area contributed by atoms with Gasteiger partial charge in [-0.05, 0) is 25.0 Å². The zero-order chi connectivity index (χ0) is 11.3. The molecule has 0 spiro atoms. The quantitative estimate of drug-likeness (QED) is 0.786. The molecule has 0 bridgehead atoms. The topological polar surface area (TPSA) is 12.0 Å². The molecule has 0 aliphatic heterocycles. The summed E-state index contributed by atoms with van der Waals surface area (Å²) < 4.78 is 0. The molecule has 0 saturated heterocycles. The van der Waals surface area contributed by atoms with Gasteiger partial charge in [0, 0.05) is 23.8 Å². The molecule has 0 atom stereocenters. The smallest absolute Gasteiger partial charge is 0.0427 e. The van der Waals surface area contributed by atoms with Crippen molar-refractivity contribution in [3.8, 4) is 0 Å². The molecular formula is C12H17Cl2N. The van der Waals surface area contributed by atoms with E-state index in [4.69, 9.17) is 23.2 Å². The molecule has 0 heterocycles. The van der Waals surface area contributed by atoms with Crippen molar-refractivity contribution >= 4 is 23.2 Å². The van der Waals surface area contributed by atoms with Crippen LogP contribution in [0.15, 0.2) is 24.3 Å². The van der Waals surface area contributed by atoms with Crippen LogP contribution in [0.2, 0.25) is 0 Å². The SMILES string of the molecule is Cc1ccccc1CNC(C)(CCl)CCl. The molecule has 0 amide bonds. The molecule has 0 aliphatic carbocycles. The van der Waals surface area contributed by atoms with Crippen molar-refractivity contribution in [1.29, 1.82) is 0 Å². The Balaban J connectivity index is 2.61. The average Bonchev–Trinajstić information content (AvgIpc) is 2.28. The van der Waals surface area contributed by atoms with E-state index in [9.17, 15) is 0 Å². The van der Waals surface area contributed by atoms with Gasteiger partial charge in [0.15, 0.2) is 0 Å². The van der Waals surface area contributed by atoms with E-state index in [1.165, 1.54) is 11.1 Å². The Kier molecular flexibility index (Phi) is 4.91. The van der Waals surface area contributed by atoms with Crippen molar-refractivity contribution in [2.45, 2.75) is 25.9 Å². The van der Waals surface area contributed by atoms with Crippen LogP contribution in [-0.4, -0.2) is 17.3 Å². The summed E-state index contributed by atoms with van der Waals surface area (Å²) in [6.45, 7) is 4.95. The second-order valence-corrected chi connectivity index (χ2v) is 4.64. The maximum Gasteiger partial charge on any atom is 0.0427 e. The van der Waals surface area contributed by atoms with Crippen LogP contribution in [0.3, 0.4) is 0 Å². The summed E-state index contributed by atoms with van der Waals surface area (Å²) in [7, 11) is 0. The predicted octanol–water partition coefficient (Wildman–Crippen LogP) is 3.32. The van der Waals surface area contributed by atoms with Crippen molar-refractivity contribution < 1.29 is 0 Å². The van der Waals surface area contributed by atoms with E-state index in [-0.39, 0.29) is 5.54 Å². The van der Waals surface area contributed by atoms with E-state index in [0.29, 0.717) is 11.8 Å². The van der Waals surface area contributed by atoms with Crippen LogP contribution in [0.5, 0.6) is 0 Å². The second-order valence-electron chi connectivity index (χ2n) is 4.11. The van der Waals surface area contributed by atoms with Crippen molar-refractivity contribution in [2.24, 2.45) is 0 Å². The van der Waals surface area contributed by atoms with Gasteiger partial charge >= 0.3 is 0 Å². The van der Waals surface area contributed by atoms with Gasteiger partial charge in [-0.25, -0.2) is 0 Å². The van der Waals surface area contributed by atoms with Gasteiger partial charge in [-0.1, -0.05) is 24.3 Å². The van der Waals surface area contributed by atoms with Gasteiger partial charge in [-0.3, -0.25) is 0 Å². The molecule has 84 valence electrons. The highest BCUT2D eigenvalue weighted by atomic mass is 35.5. The monoisotopic (exact) mass is 245 g/mol. The van der Waals surface area contributed by atoms with Crippen LogP contribution in [0.25, 0.3) is 0 Å². The minimum Gasteiger partial charge on any atom is -0.305 e. The van der Waals surface area contributed by atoms with Crippen LogP contribution >= 0.6 is 23.2 Å². The first kappa shape index (κ1) is 12.8. The van der Waals surface area contributed by atoms with Gasteiger partial charge in [0.05, 0.1) is 0 Å². The molecule has 0 fully saturated rings. The van der Waals surface area contributed by atoms with Crippen LogP contribution in [0.4, 0.5) is 0 Å². The predicted molar refractivity (Wildman–Crippen MR) is 67.9 cm³/mol. The van der Waals surface area contributed by atoms with E-state index in [1.54, 1.807) is 0 Å². The maximum absolute atomic E-state index is 5.87. The normalized spacial score (nSPS) is 11.7. The van der Waals surface area contributed by atoms with E-state index in [1.807, 2.05) is 19.1 Å². The lowest BCUT2D eigenvalue weighted by Gasteiger charge is -2.26. The fourth-order valence-electron chi connectivity index (χ4n) is 1.25. The standard InChI is InChI=1S/C12H17Cl2N/c1-10-5-3-4-6-11(10)7-15-12(2,8-13)9-14/h3-6,15H,7-9H2,1-2H3. The molecule has 0 saturated carbocycles. The Bertz CT molecular complexity index is 308. The minimum absolute atomic E-state index is 0.189. The van der Waals surface area contributed by atoms with E-state index in [0.717, 1.165) is 6.54 Å². The van der Waals surface area contributed by atoms with Crippen LogP contribution < -0.4 is 5.32 Å². The lowest BCUT2D eigenvalue weighted by atomic mass is 10.1. The molecule has 1 rings (SSSR count). The third kappa shape index (κ3) is 3.67. The molecule has 3 heteroatoms. The third-order valence-electron chi connectivity index (χ3n) is 2.56. The Hall–Kier alpha value is -0.240. The van der Waals surface area contributed by atoms with Crippen molar-refractivity contribution in [1.82, 2.24) is 5.32 Å². The van der Waals surface area contributed by atoms with Crippen molar-refractivity contribution in [3.63, 3.8) is 0 Å². The Labute approximate surface area is 102 Å². The van der Waals surface area contributed by atoms with Gasteiger partial charge in [0.1, 0.15) is 0 Å². The molecule has 1 N–H and O–H groups in total. The molecule has 0 unspecified atom stereocenters. The molecule has 15 heavy (non-hydrogen) atoms. The lowest BCUT2D eigenvalue weighted by molar-refractivity contribution is 0.434. The molecule has 1 aromatic carbocycles. The number of hydrogen-bond donors (Lipinski definition) is 1. The van der Waals surface area contributed by atoms with Gasteiger partial charge in [-0.15, -0.1) is 23.2 Å². The number of rotatable bonds is 5. The summed E-state index contributed by atoms with van der Waals surface area (Å²) in [6.07, 6.45) is 0. The Morgan fingerprint density at radius 2 is 1.80 bits per heavy atom. The number of alkyl halides is 2. The molecule has 0 radical (unpaired) electrons. The first-order valence-electron chi connectivity index (χ1n) is 5.03. The molecule has 1 nitrogen and oxygen atoms in total. The molecule has 0 aromatic heterocycles. The molecule has 1 aromatic rings. The Morgan fingerprint density at radius 1 is 1.20 bits per heavy atom. The molecular weight excluding hydrogens is 229 g/mol. The summed E-state index contributed by atoms with van der Waals surface area (Å²) in [4.78, 5) is 0. The summed E-state index contributed by atoms with van der Waals surface area (Å²) in [5, 5.41) is 3.39. The Morgan fingerprint density at radius 3 is 2.33 bits per heavy atom. The van der Waals surface area contributed by atoms with Gasteiger partial charge in [0.2, 0.25) is 0 Å². The summed E-state index contributed by atoms with van der Waals surface area (Å²) >= 11 is 11.7. The van der Waals surface area contributed by atoms with Crippen LogP contribution in [0, 0.1) is 6.92 Å². The van der Waals surface area contributed by atoms with Gasteiger partial charge in [-0.2, -0.15) is 0 Å². The minimum atomic E-state index is -0.189. The van der Waals surface area contributed by atoms with E-state index in [2.05, 4.69) is 24.4 Å². The number of benzene rings is 1. The highest BCUT2D eigenvalue weighted by molar-refractivity contribution is 6.22. The van der Waals surface area contributed by atoms with E-state index >= 15 is 0 Å². The number of nitrogens with one attached hydrogen (secondary N) is 1. The van der Waals surface area contributed by atoms with Crippen molar-refractivity contribution in [3.05, 3.63) is 35.4 Å². The first-order valence-corrected chi connectivity index (χ1v) is 6.10. The summed E-state index contributed by atoms with van der Waals surface area (Å²) in [6, 6.07) is 8.31. The zero-order valence-electron chi connectivity index (χ0n) is 9.19. The highest BCUT2D eigenvalue weighted by Crippen LogP contribution is 2.12. The van der Waals surface area contributed by atoms with E-state index < -0.39 is 0 Å². The molecule has 0 aliphatic rings. The zero-order valence-corrected chi connectivity index (χ0v) is 10.7. The fourth-order valence-corrected chi connectivity index (χ4v) is 1.72. The number of hydrogen-bond acceptors (Lipinski definition) is 1. The average molecular weight is 246 g/mol. The third-order valence-corrected chi connectivity index (χ3v) is 3.74. The van der Waals surface area contributed by atoms with Crippen LogP contribution in [-0.2, 0) is 6.54 Å². The lowest BCUT2D eigenvalue weighted by Crippen LogP contribution is -2.45. The summed E-state index contributed by atoms with van der Waals surface area (Å²) in [5.74, 6) is 1.03. The van der Waals surface area contributed by atoms with Gasteiger partial charge < -0.3 is 5.32 Å². The first-order chi connectivity index (χ1) is 7.11. The summed E-state index contributed by atoms with van der Waals surface area (Å²) in [5.41, 5.74) is 2.39. The highest BCUT2D eigenvalue weighted by Gasteiger charge is 2.20.